The third-order valence-corrected chi connectivity index (χ3v) is 3.50. The number of fused-ring (bicyclic) bond motifs is 1. The van der Waals surface area contributed by atoms with Crippen LogP contribution in [0.4, 0.5) is 0 Å². The Balaban J connectivity index is 1.78. The van der Waals surface area contributed by atoms with Gasteiger partial charge < -0.3 is 24.8 Å². The monoisotopic (exact) mass is 278 g/mol. The van der Waals surface area contributed by atoms with Crippen LogP contribution in [0.15, 0.2) is 18.2 Å². The van der Waals surface area contributed by atoms with Crippen molar-refractivity contribution in [1.82, 2.24) is 4.90 Å². The maximum absolute atomic E-state index is 12.5. The molecule has 2 N–H and O–H groups in total. The van der Waals surface area contributed by atoms with Crippen LogP contribution in [-0.2, 0) is 4.74 Å². The van der Waals surface area contributed by atoms with Gasteiger partial charge in [0.1, 0.15) is 0 Å². The molecule has 1 saturated heterocycles. The molecule has 0 spiro atoms. The Morgan fingerprint density at radius 2 is 2.15 bits per heavy atom. The number of carbonyl (C=O) groups is 1. The molecule has 2 heterocycles. The number of amides is 1. The maximum Gasteiger partial charge on any atom is 0.254 e. The van der Waals surface area contributed by atoms with E-state index >= 15 is 0 Å². The lowest BCUT2D eigenvalue weighted by molar-refractivity contribution is -0.0625. The Morgan fingerprint density at radius 3 is 2.95 bits per heavy atom. The molecule has 1 aromatic rings. The van der Waals surface area contributed by atoms with Crippen LogP contribution in [0.3, 0.4) is 0 Å². The summed E-state index contributed by atoms with van der Waals surface area (Å²) in [6.45, 7) is 3.66. The van der Waals surface area contributed by atoms with Crippen molar-refractivity contribution in [1.29, 1.82) is 0 Å². The van der Waals surface area contributed by atoms with E-state index in [1.165, 1.54) is 0 Å². The number of hydrogen-bond acceptors (Lipinski definition) is 5. The summed E-state index contributed by atoms with van der Waals surface area (Å²) in [6.07, 6.45) is -0.105. The first-order chi connectivity index (χ1) is 9.67. The van der Waals surface area contributed by atoms with Crippen LogP contribution < -0.4 is 15.2 Å². The second-order valence-corrected chi connectivity index (χ2v) is 5.08. The molecule has 2 aliphatic rings. The number of morpholine rings is 1. The Hall–Kier alpha value is -1.79. The fraction of sp³-hybridized carbons (Fsp3) is 0.500. The van der Waals surface area contributed by atoms with Crippen LogP contribution >= 0.6 is 0 Å². The van der Waals surface area contributed by atoms with E-state index in [1.54, 1.807) is 23.1 Å². The standard InChI is InChI=1S/C14H18N2O4/c1-9-6-16(7-11(5-15)20-9)14(17)10-2-3-12-13(4-10)19-8-18-12/h2-4,9,11H,5-8,15H2,1H3. The predicted octanol–water partition coefficient (Wildman–Crippen LogP) is 0.604. The molecule has 0 bridgehead atoms. The minimum atomic E-state index is -0.100. The second-order valence-electron chi connectivity index (χ2n) is 5.08. The highest BCUT2D eigenvalue weighted by Gasteiger charge is 2.29. The summed E-state index contributed by atoms with van der Waals surface area (Å²) in [5, 5.41) is 0. The molecule has 0 aromatic heterocycles. The van der Waals surface area contributed by atoms with Gasteiger partial charge in [-0.25, -0.2) is 0 Å². The van der Waals surface area contributed by atoms with Gasteiger partial charge in [-0.2, -0.15) is 0 Å². The number of ether oxygens (including phenoxy) is 3. The molecule has 0 radical (unpaired) electrons. The number of nitrogens with two attached hydrogens (primary N) is 1. The van der Waals surface area contributed by atoms with E-state index in [9.17, 15) is 4.79 Å². The van der Waals surface area contributed by atoms with Crippen molar-refractivity contribution in [3.05, 3.63) is 23.8 Å². The van der Waals surface area contributed by atoms with Crippen molar-refractivity contribution < 1.29 is 19.0 Å². The molecule has 2 aliphatic heterocycles. The molecule has 20 heavy (non-hydrogen) atoms. The zero-order valence-electron chi connectivity index (χ0n) is 11.4. The normalized spacial score (nSPS) is 24.8. The molecular weight excluding hydrogens is 260 g/mol. The van der Waals surface area contributed by atoms with Gasteiger partial charge >= 0.3 is 0 Å². The third kappa shape index (κ3) is 2.44. The Kier molecular flexibility index (Phi) is 3.50. The summed E-state index contributed by atoms with van der Waals surface area (Å²) in [6, 6.07) is 5.25. The molecule has 3 rings (SSSR count). The molecule has 0 aliphatic carbocycles. The Labute approximate surface area is 117 Å². The van der Waals surface area contributed by atoms with E-state index in [4.69, 9.17) is 19.9 Å². The van der Waals surface area contributed by atoms with E-state index in [0.717, 1.165) is 0 Å². The summed E-state index contributed by atoms with van der Waals surface area (Å²) >= 11 is 0. The molecule has 2 unspecified atom stereocenters. The number of rotatable bonds is 2. The first kappa shape index (κ1) is 13.2. The molecule has 108 valence electrons. The van der Waals surface area contributed by atoms with Crippen molar-refractivity contribution in [3.8, 4) is 11.5 Å². The van der Waals surface area contributed by atoms with Crippen LogP contribution in [0.1, 0.15) is 17.3 Å². The minimum Gasteiger partial charge on any atom is -0.454 e. The van der Waals surface area contributed by atoms with Crippen molar-refractivity contribution in [2.45, 2.75) is 19.1 Å². The zero-order valence-corrected chi connectivity index (χ0v) is 11.4. The highest BCUT2D eigenvalue weighted by atomic mass is 16.7. The highest BCUT2D eigenvalue weighted by molar-refractivity contribution is 5.95. The SMILES string of the molecule is CC1CN(C(=O)c2ccc3c(c2)OCO3)CC(CN)O1. The van der Waals surface area contributed by atoms with Crippen LogP contribution in [-0.4, -0.2) is 49.4 Å². The Bertz CT molecular complexity index is 520. The van der Waals surface area contributed by atoms with E-state index in [0.29, 0.717) is 36.7 Å². The number of carbonyl (C=O) groups excluding carboxylic acids is 1. The van der Waals surface area contributed by atoms with Gasteiger partial charge in [-0.05, 0) is 25.1 Å². The quantitative estimate of drug-likeness (QED) is 0.857. The van der Waals surface area contributed by atoms with E-state index in [1.807, 2.05) is 6.92 Å². The molecule has 2 atom stereocenters. The Morgan fingerprint density at radius 1 is 1.35 bits per heavy atom. The summed E-state index contributed by atoms with van der Waals surface area (Å²) in [7, 11) is 0. The summed E-state index contributed by atoms with van der Waals surface area (Å²) < 4.78 is 16.2. The lowest BCUT2D eigenvalue weighted by Crippen LogP contribution is -2.51. The highest BCUT2D eigenvalue weighted by Crippen LogP contribution is 2.33. The summed E-state index contributed by atoms with van der Waals surface area (Å²) in [5.41, 5.74) is 6.24. The fourth-order valence-corrected chi connectivity index (χ4v) is 2.55. The predicted molar refractivity (Wildman–Crippen MR) is 71.9 cm³/mol. The van der Waals surface area contributed by atoms with E-state index in [2.05, 4.69) is 0 Å². The summed E-state index contributed by atoms with van der Waals surface area (Å²) in [4.78, 5) is 14.3. The molecule has 1 aromatic carbocycles. The second kappa shape index (κ2) is 5.30. The van der Waals surface area contributed by atoms with Gasteiger partial charge in [0.2, 0.25) is 6.79 Å². The largest absolute Gasteiger partial charge is 0.454 e. The summed E-state index contributed by atoms with van der Waals surface area (Å²) in [5.74, 6) is 1.26. The molecular formula is C14H18N2O4. The van der Waals surface area contributed by atoms with Gasteiger partial charge in [0.05, 0.1) is 12.2 Å². The van der Waals surface area contributed by atoms with Crippen molar-refractivity contribution >= 4 is 5.91 Å². The number of nitrogens with zero attached hydrogens (tertiary/aromatic N) is 1. The van der Waals surface area contributed by atoms with Gasteiger partial charge in [0.25, 0.3) is 5.91 Å². The topological polar surface area (TPSA) is 74.0 Å². The average Bonchev–Trinajstić information content (AvgIpc) is 2.93. The maximum atomic E-state index is 12.5. The minimum absolute atomic E-state index is 0.00439. The number of hydrogen-bond donors (Lipinski definition) is 1. The molecule has 6 heteroatoms. The van der Waals surface area contributed by atoms with Gasteiger partial charge in [0.15, 0.2) is 11.5 Å². The van der Waals surface area contributed by atoms with E-state index in [-0.39, 0.29) is 24.9 Å². The molecule has 1 fully saturated rings. The molecule has 1 amide bonds. The van der Waals surface area contributed by atoms with Crippen LogP contribution in [0, 0.1) is 0 Å². The van der Waals surface area contributed by atoms with E-state index < -0.39 is 0 Å². The van der Waals surface area contributed by atoms with Crippen LogP contribution in [0.25, 0.3) is 0 Å². The van der Waals surface area contributed by atoms with Crippen LogP contribution in [0.5, 0.6) is 11.5 Å². The van der Waals surface area contributed by atoms with Crippen molar-refractivity contribution in [2.75, 3.05) is 26.4 Å². The lowest BCUT2D eigenvalue weighted by atomic mass is 10.1. The van der Waals surface area contributed by atoms with Gasteiger partial charge in [0, 0.05) is 25.2 Å². The lowest BCUT2D eigenvalue weighted by Gasteiger charge is -2.36. The number of benzene rings is 1. The molecule has 6 nitrogen and oxygen atoms in total. The molecule has 0 saturated carbocycles. The van der Waals surface area contributed by atoms with Gasteiger partial charge in [-0.15, -0.1) is 0 Å². The smallest absolute Gasteiger partial charge is 0.254 e. The first-order valence-corrected chi connectivity index (χ1v) is 6.72. The van der Waals surface area contributed by atoms with Crippen LogP contribution in [0.2, 0.25) is 0 Å². The van der Waals surface area contributed by atoms with Crippen molar-refractivity contribution in [2.24, 2.45) is 5.73 Å². The zero-order chi connectivity index (χ0) is 14.1. The first-order valence-electron chi connectivity index (χ1n) is 6.72. The fourth-order valence-electron chi connectivity index (χ4n) is 2.55. The third-order valence-electron chi connectivity index (χ3n) is 3.50. The van der Waals surface area contributed by atoms with Gasteiger partial charge in [-0.3, -0.25) is 4.79 Å². The van der Waals surface area contributed by atoms with Gasteiger partial charge in [-0.1, -0.05) is 0 Å². The van der Waals surface area contributed by atoms with Crippen molar-refractivity contribution in [3.63, 3.8) is 0 Å². The average molecular weight is 278 g/mol.